The second-order valence-corrected chi connectivity index (χ2v) is 10.3. The average Bonchev–Trinajstić information content (AvgIpc) is 2.94. The number of carboxylic acid groups (broad SMARTS) is 1. The lowest BCUT2D eigenvalue weighted by atomic mass is 9.97. The Morgan fingerprint density at radius 2 is 1.67 bits per heavy atom. The van der Waals surface area contributed by atoms with Crippen LogP contribution < -0.4 is 16.2 Å². The summed E-state index contributed by atoms with van der Waals surface area (Å²) in [5.41, 5.74) is -4.37. The largest absolute Gasteiger partial charge is 0.480 e. The molecule has 242 valence electrons. The maximum Gasteiger partial charge on any atom is 0.417 e. The van der Waals surface area contributed by atoms with Crippen LogP contribution in [0.1, 0.15) is 38.8 Å². The summed E-state index contributed by atoms with van der Waals surface area (Å²) in [4.78, 5) is 37.3. The highest BCUT2D eigenvalue weighted by molar-refractivity contribution is 5.97. The molecule has 0 radical (unpaired) electrons. The van der Waals surface area contributed by atoms with Gasteiger partial charge in [-0.05, 0) is 41.8 Å². The highest BCUT2D eigenvalue weighted by atomic mass is 19.4. The molecule has 3 atom stereocenters. The Balaban J connectivity index is 1.56. The molecule has 8 nitrogen and oxygen atoms in total. The Labute approximate surface area is 249 Å². The molecule has 3 aromatic rings. The Hall–Kier alpha value is -4.31. The van der Waals surface area contributed by atoms with Gasteiger partial charge in [0.1, 0.15) is 35.4 Å². The van der Waals surface area contributed by atoms with Crippen molar-refractivity contribution in [2.24, 2.45) is 7.05 Å². The molecule has 3 N–H and O–H groups in total. The number of carboxylic acids is 1. The first-order valence-electron chi connectivity index (χ1n) is 13.2. The van der Waals surface area contributed by atoms with Crippen LogP contribution in [-0.2, 0) is 29.2 Å². The molecule has 16 heteroatoms. The lowest BCUT2D eigenvalue weighted by molar-refractivity contribution is -0.197. The van der Waals surface area contributed by atoms with Crippen LogP contribution >= 0.6 is 0 Å². The minimum Gasteiger partial charge on any atom is -0.480 e. The monoisotopic (exact) mass is 647 g/mol. The maximum atomic E-state index is 14.9. The van der Waals surface area contributed by atoms with Gasteiger partial charge in [0.2, 0.25) is 0 Å². The number of aromatic nitrogens is 1. The van der Waals surface area contributed by atoms with Crippen molar-refractivity contribution in [2.45, 2.75) is 43.9 Å². The topological polar surface area (TPSA) is 110 Å². The fourth-order valence-corrected chi connectivity index (χ4v) is 4.95. The lowest BCUT2D eigenvalue weighted by Crippen LogP contribution is -2.52. The van der Waals surface area contributed by atoms with Crippen molar-refractivity contribution in [1.29, 1.82) is 0 Å². The van der Waals surface area contributed by atoms with Crippen molar-refractivity contribution >= 4 is 11.9 Å². The molecule has 1 amide bonds. The SMILES string of the molecule is Cc1cc(C(F)(F)F)c(-c2ccc(CC(NC(=O)c3c(F)cc([C@H]4OCCNC4C(F)(F)F)cc3F)C(=O)O)cc2)c(=O)n1C. The van der Waals surface area contributed by atoms with Gasteiger partial charge in [-0.15, -0.1) is 0 Å². The van der Waals surface area contributed by atoms with Crippen molar-refractivity contribution in [3.05, 3.63) is 92.4 Å². The highest BCUT2D eigenvalue weighted by Gasteiger charge is 2.47. The van der Waals surface area contributed by atoms with E-state index in [0.29, 0.717) is 12.1 Å². The van der Waals surface area contributed by atoms with Crippen LogP contribution in [0.25, 0.3) is 11.1 Å². The summed E-state index contributed by atoms with van der Waals surface area (Å²) < 4.78 is 117. The normalized spacial score (nSPS) is 18.0. The van der Waals surface area contributed by atoms with Crippen molar-refractivity contribution in [3.8, 4) is 11.1 Å². The van der Waals surface area contributed by atoms with E-state index in [-0.39, 0.29) is 30.0 Å². The number of hydrogen-bond donors (Lipinski definition) is 3. The zero-order valence-corrected chi connectivity index (χ0v) is 23.4. The summed E-state index contributed by atoms with van der Waals surface area (Å²) >= 11 is 0. The third kappa shape index (κ3) is 7.17. The van der Waals surface area contributed by atoms with E-state index in [2.05, 4.69) is 5.32 Å². The van der Waals surface area contributed by atoms with E-state index in [1.54, 1.807) is 0 Å². The molecule has 1 aromatic heterocycles. The van der Waals surface area contributed by atoms with E-state index in [1.165, 1.54) is 26.1 Å². The van der Waals surface area contributed by atoms with Crippen LogP contribution in [0.5, 0.6) is 0 Å². The van der Waals surface area contributed by atoms with E-state index in [1.807, 2.05) is 5.32 Å². The average molecular weight is 648 g/mol. The number of benzene rings is 2. The Morgan fingerprint density at radius 1 is 1.07 bits per heavy atom. The summed E-state index contributed by atoms with van der Waals surface area (Å²) in [6, 6.07) is 2.50. The predicted molar refractivity (Wildman–Crippen MR) is 142 cm³/mol. The second kappa shape index (κ2) is 12.6. The van der Waals surface area contributed by atoms with Gasteiger partial charge in [-0.3, -0.25) is 9.59 Å². The highest BCUT2D eigenvalue weighted by Crippen LogP contribution is 2.37. The quantitative estimate of drug-likeness (QED) is 0.322. The molecular formula is C29H25F8N3O5. The van der Waals surface area contributed by atoms with Crippen molar-refractivity contribution in [2.75, 3.05) is 13.2 Å². The summed E-state index contributed by atoms with van der Waals surface area (Å²) in [5.74, 6) is -6.28. The summed E-state index contributed by atoms with van der Waals surface area (Å²) in [7, 11) is 1.30. The molecule has 2 aromatic carbocycles. The minimum atomic E-state index is -4.85. The van der Waals surface area contributed by atoms with Gasteiger partial charge in [-0.2, -0.15) is 26.3 Å². The number of halogens is 8. The number of hydrogen-bond acceptors (Lipinski definition) is 5. The van der Waals surface area contributed by atoms with Gasteiger partial charge in [-0.1, -0.05) is 24.3 Å². The van der Waals surface area contributed by atoms with Crippen LogP contribution in [0.2, 0.25) is 0 Å². The van der Waals surface area contributed by atoms with Crippen molar-refractivity contribution < 1.29 is 54.6 Å². The molecule has 1 aliphatic rings. The Bertz CT molecular complexity index is 1650. The number of pyridine rings is 1. The van der Waals surface area contributed by atoms with E-state index in [4.69, 9.17) is 4.74 Å². The maximum absolute atomic E-state index is 14.9. The number of morpholine rings is 1. The summed E-state index contributed by atoms with van der Waals surface area (Å²) in [5, 5.41) is 13.8. The molecule has 45 heavy (non-hydrogen) atoms. The number of ether oxygens (including phenoxy) is 1. The third-order valence-electron chi connectivity index (χ3n) is 7.30. The number of carbonyl (C=O) groups is 2. The molecule has 0 saturated carbocycles. The zero-order valence-electron chi connectivity index (χ0n) is 23.4. The molecule has 1 fully saturated rings. The molecular weight excluding hydrogens is 622 g/mol. The number of rotatable bonds is 7. The van der Waals surface area contributed by atoms with E-state index < -0.39 is 88.3 Å². The number of aliphatic carboxylic acids is 1. The number of aryl methyl sites for hydroxylation is 1. The van der Waals surface area contributed by atoms with Gasteiger partial charge in [0.25, 0.3) is 11.5 Å². The van der Waals surface area contributed by atoms with Gasteiger partial charge in [0.05, 0.1) is 17.7 Å². The molecule has 0 bridgehead atoms. The third-order valence-corrected chi connectivity index (χ3v) is 7.30. The number of alkyl halides is 6. The minimum absolute atomic E-state index is 0.0695. The molecule has 0 spiro atoms. The van der Waals surface area contributed by atoms with Gasteiger partial charge in [0.15, 0.2) is 0 Å². The summed E-state index contributed by atoms with van der Waals surface area (Å²) in [6.45, 7) is 0.987. The summed E-state index contributed by atoms with van der Waals surface area (Å²) in [6.07, 6.45) is -12.0. The first-order valence-corrected chi connectivity index (χ1v) is 13.2. The zero-order chi connectivity index (χ0) is 33.4. The van der Waals surface area contributed by atoms with Crippen LogP contribution in [0.4, 0.5) is 35.1 Å². The van der Waals surface area contributed by atoms with Gasteiger partial charge in [-0.25, -0.2) is 13.6 Å². The smallest absolute Gasteiger partial charge is 0.417 e. The number of nitrogens with zero attached hydrogens (tertiary/aromatic N) is 1. The van der Waals surface area contributed by atoms with Crippen LogP contribution in [0.15, 0.2) is 47.3 Å². The van der Waals surface area contributed by atoms with Gasteiger partial charge < -0.3 is 25.0 Å². The number of carbonyl (C=O) groups excluding carboxylic acids is 1. The molecule has 2 unspecified atom stereocenters. The van der Waals surface area contributed by atoms with Crippen LogP contribution in [0.3, 0.4) is 0 Å². The molecule has 1 aliphatic heterocycles. The molecule has 1 saturated heterocycles. The van der Waals surface area contributed by atoms with Crippen LogP contribution in [-0.4, -0.2) is 53.0 Å². The van der Waals surface area contributed by atoms with Gasteiger partial charge in [0, 0.05) is 25.7 Å². The van der Waals surface area contributed by atoms with Crippen molar-refractivity contribution in [3.63, 3.8) is 0 Å². The van der Waals surface area contributed by atoms with E-state index in [9.17, 15) is 54.6 Å². The predicted octanol–water partition coefficient (Wildman–Crippen LogP) is 4.68. The van der Waals surface area contributed by atoms with E-state index >= 15 is 0 Å². The molecule has 2 heterocycles. The first kappa shape index (κ1) is 33.6. The second-order valence-electron chi connectivity index (χ2n) is 10.3. The number of amides is 1. The fourth-order valence-electron chi connectivity index (χ4n) is 4.95. The Kier molecular flexibility index (Phi) is 9.40. The molecule has 0 aliphatic carbocycles. The fraction of sp³-hybridized carbons (Fsp3) is 0.345. The van der Waals surface area contributed by atoms with Gasteiger partial charge >= 0.3 is 18.3 Å². The molecule has 4 rings (SSSR count). The van der Waals surface area contributed by atoms with Crippen molar-refractivity contribution in [1.82, 2.24) is 15.2 Å². The first-order chi connectivity index (χ1) is 20.9. The van der Waals surface area contributed by atoms with Crippen LogP contribution in [0, 0.1) is 18.6 Å². The lowest BCUT2D eigenvalue weighted by Gasteiger charge is -2.34. The van der Waals surface area contributed by atoms with E-state index in [0.717, 1.165) is 22.8 Å². The standard InChI is InChI=1S/C29H25F8N3O5/c1-13-9-17(28(32,33)34)21(26(42)40(13)2)15-5-3-14(4-6-15)10-20(27(43)44)39-25(41)22-18(30)11-16(12-19(22)31)23-24(29(35,36)37)38-7-8-45-23/h3-6,9,11-12,20,23-24,38H,7-8,10H2,1-2H3,(H,39,41)(H,43,44)/t20?,23-,24?/m1/s1. The number of nitrogens with one attached hydrogen (secondary N) is 2. The Morgan fingerprint density at radius 3 is 2.20 bits per heavy atom.